The zero-order chi connectivity index (χ0) is 23.0. The predicted octanol–water partition coefficient (Wildman–Crippen LogP) is 3.66. The van der Waals surface area contributed by atoms with E-state index in [9.17, 15) is 18.0 Å². The lowest BCUT2D eigenvalue weighted by Gasteiger charge is -2.21. The Morgan fingerprint density at radius 1 is 1.31 bits per heavy atom. The summed E-state index contributed by atoms with van der Waals surface area (Å²) < 4.78 is 43.9. The summed E-state index contributed by atoms with van der Waals surface area (Å²) in [5, 5.41) is 7.60. The SMILES string of the molecule is CCCN(Cc1ccc(C(F)(F)F)nn1)C(=O)c1cc2c3c(c(N)nc2cn1)[C@@H](C)OC3. The topological polar surface area (TPSA) is 107 Å². The molecule has 0 saturated carbocycles. The molecule has 8 nitrogen and oxygen atoms in total. The number of nitrogens with zero attached hydrogens (tertiary/aromatic N) is 5. The fourth-order valence-corrected chi connectivity index (χ4v) is 3.76. The van der Waals surface area contributed by atoms with Gasteiger partial charge in [0.25, 0.3) is 5.91 Å². The molecule has 11 heteroatoms. The van der Waals surface area contributed by atoms with Gasteiger partial charge in [0.15, 0.2) is 5.69 Å². The Bertz CT molecular complexity index is 1170. The van der Waals surface area contributed by atoms with E-state index >= 15 is 0 Å². The first-order valence-electron chi connectivity index (χ1n) is 10.1. The largest absolute Gasteiger partial charge is 0.435 e. The van der Waals surface area contributed by atoms with Crippen LogP contribution in [0.2, 0.25) is 0 Å². The van der Waals surface area contributed by atoms with Crippen molar-refractivity contribution < 1.29 is 22.7 Å². The van der Waals surface area contributed by atoms with Crippen LogP contribution in [0.5, 0.6) is 0 Å². The van der Waals surface area contributed by atoms with Gasteiger partial charge in [-0.05, 0) is 37.1 Å². The fraction of sp³-hybridized carbons (Fsp3) is 0.381. The van der Waals surface area contributed by atoms with E-state index in [1.807, 2.05) is 13.8 Å². The third-order valence-electron chi connectivity index (χ3n) is 5.30. The summed E-state index contributed by atoms with van der Waals surface area (Å²) in [6.45, 7) is 4.52. The Hall–Kier alpha value is -3.34. The van der Waals surface area contributed by atoms with Gasteiger partial charge in [0.2, 0.25) is 0 Å². The molecule has 0 saturated heterocycles. The van der Waals surface area contributed by atoms with Crippen LogP contribution in [0.3, 0.4) is 0 Å². The Balaban J connectivity index is 1.64. The van der Waals surface area contributed by atoms with E-state index in [1.165, 1.54) is 17.2 Å². The van der Waals surface area contributed by atoms with Crippen LogP contribution in [0.4, 0.5) is 19.0 Å². The van der Waals surface area contributed by atoms with Gasteiger partial charge in [-0.2, -0.15) is 18.3 Å². The number of halogens is 3. The molecule has 1 aliphatic rings. The highest BCUT2D eigenvalue weighted by atomic mass is 19.4. The highest BCUT2D eigenvalue weighted by Crippen LogP contribution is 2.38. The molecule has 4 heterocycles. The number of hydrogen-bond acceptors (Lipinski definition) is 7. The van der Waals surface area contributed by atoms with Crippen molar-refractivity contribution in [1.82, 2.24) is 25.1 Å². The smallest absolute Gasteiger partial charge is 0.383 e. The Morgan fingerprint density at radius 3 is 2.75 bits per heavy atom. The van der Waals surface area contributed by atoms with Gasteiger partial charge in [-0.15, -0.1) is 5.10 Å². The lowest BCUT2D eigenvalue weighted by atomic mass is 10.0. The number of ether oxygens (including phenoxy) is 1. The average molecular weight is 446 g/mol. The van der Waals surface area contributed by atoms with E-state index in [1.54, 1.807) is 6.07 Å². The predicted molar refractivity (Wildman–Crippen MR) is 109 cm³/mol. The van der Waals surface area contributed by atoms with Crippen molar-refractivity contribution in [2.24, 2.45) is 0 Å². The summed E-state index contributed by atoms with van der Waals surface area (Å²) in [6.07, 6.45) is -2.63. The monoisotopic (exact) mass is 446 g/mol. The minimum absolute atomic E-state index is 0.00969. The summed E-state index contributed by atoms with van der Waals surface area (Å²) in [6, 6.07) is 3.73. The molecule has 2 N–H and O–H groups in total. The number of amides is 1. The summed E-state index contributed by atoms with van der Waals surface area (Å²) >= 11 is 0. The maximum atomic E-state index is 13.2. The second-order valence-corrected chi connectivity index (χ2v) is 7.56. The number of fused-ring (bicyclic) bond motifs is 3. The van der Waals surface area contributed by atoms with Crippen molar-refractivity contribution in [2.75, 3.05) is 12.3 Å². The van der Waals surface area contributed by atoms with Crippen LogP contribution >= 0.6 is 0 Å². The lowest BCUT2D eigenvalue weighted by Crippen LogP contribution is -2.32. The normalized spacial score (nSPS) is 15.7. The molecule has 0 spiro atoms. The number of rotatable bonds is 5. The molecular formula is C21H21F3N6O2. The van der Waals surface area contributed by atoms with Gasteiger partial charge in [-0.25, -0.2) is 9.97 Å². The number of carbonyl (C=O) groups is 1. The summed E-state index contributed by atoms with van der Waals surface area (Å²) in [5.74, 6) is 0.0138. The Kier molecular flexibility index (Phi) is 5.68. The van der Waals surface area contributed by atoms with Gasteiger partial charge in [0, 0.05) is 17.5 Å². The second-order valence-electron chi connectivity index (χ2n) is 7.56. The minimum atomic E-state index is -4.57. The Morgan fingerprint density at radius 2 is 2.09 bits per heavy atom. The summed E-state index contributed by atoms with van der Waals surface area (Å²) in [7, 11) is 0. The first kappa shape index (κ1) is 21.9. The number of anilines is 1. The molecule has 0 radical (unpaired) electrons. The van der Waals surface area contributed by atoms with Crippen molar-refractivity contribution >= 4 is 22.6 Å². The molecule has 0 bridgehead atoms. The van der Waals surface area contributed by atoms with Crippen LogP contribution in [-0.2, 0) is 24.1 Å². The molecule has 3 aromatic heterocycles. The number of nitrogen functional groups attached to an aromatic ring is 1. The molecule has 1 atom stereocenters. The minimum Gasteiger partial charge on any atom is -0.383 e. The van der Waals surface area contributed by atoms with Crippen LogP contribution < -0.4 is 5.73 Å². The van der Waals surface area contributed by atoms with Crippen LogP contribution in [0.1, 0.15) is 59.4 Å². The van der Waals surface area contributed by atoms with Crippen molar-refractivity contribution in [2.45, 2.75) is 45.7 Å². The number of nitrogens with two attached hydrogens (primary N) is 1. The van der Waals surface area contributed by atoms with Gasteiger partial charge in [0.1, 0.15) is 11.5 Å². The van der Waals surface area contributed by atoms with Crippen LogP contribution in [0, 0.1) is 0 Å². The van der Waals surface area contributed by atoms with Gasteiger partial charge < -0.3 is 15.4 Å². The third-order valence-corrected chi connectivity index (χ3v) is 5.30. The quantitative estimate of drug-likeness (QED) is 0.637. The number of alkyl halides is 3. The molecule has 4 rings (SSSR count). The van der Waals surface area contributed by atoms with E-state index in [-0.39, 0.29) is 29.9 Å². The maximum absolute atomic E-state index is 13.2. The molecule has 32 heavy (non-hydrogen) atoms. The highest BCUT2D eigenvalue weighted by Gasteiger charge is 2.33. The average Bonchev–Trinajstić information content (AvgIpc) is 3.15. The first-order chi connectivity index (χ1) is 15.2. The maximum Gasteiger partial charge on any atom is 0.435 e. The van der Waals surface area contributed by atoms with Gasteiger partial charge >= 0.3 is 6.18 Å². The van der Waals surface area contributed by atoms with Gasteiger partial charge in [-0.3, -0.25) is 4.79 Å². The number of pyridine rings is 2. The van der Waals surface area contributed by atoms with Crippen molar-refractivity contribution in [3.05, 3.63) is 52.6 Å². The molecule has 1 amide bonds. The zero-order valence-electron chi connectivity index (χ0n) is 17.5. The molecule has 0 aliphatic carbocycles. The van der Waals surface area contributed by atoms with Crippen LogP contribution in [0.15, 0.2) is 24.4 Å². The van der Waals surface area contributed by atoms with Gasteiger partial charge in [-0.1, -0.05) is 6.92 Å². The van der Waals surface area contributed by atoms with Crippen molar-refractivity contribution in [3.8, 4) is 0 Å². The van der Waals surface area contributed by atoms with Crippen LogP contribution in [0.25, 0.3) is 10.9 Å². The fourth-order valence-electron chi connectivity index (χ4n) is 3.76. The van der Waals surface area contributed by atoms with E-state index in [4.69, 9.17) is 10.5 Å². The zero-order valence-corrected chi connectivity index (χ0v) is 17.5. The van der Waals surface area contributed by atoms with E-state index < -0.39 is 11.9 Å². The van der Waals surface area contributed by atoms with E-state index in [2.05, 4.69) is 20.2 Å². The molecule has 0 fully saturated rings. The molecule has 168 valence electrons. The molecular weight excluding hydrogens is 425 g/mol. The molecule has 0 unspecified atom stereocenters. The molecule has 0 aromatic carbocycles. The third kappa shape index (κ3) is 4.07. The van der Waals surface area contributed by atoms with Gasteiger partial charge in [0.05, 0.1) is 36.7 Å². The number of hydrogen-bond donors (Lipinski definition) is 1. The highest BCUT2D eigenvalue weighted by molar-refractivity contribution is 5.97. The molecule has 1 aliphatic heterocycles. The van der Waals surface area contributed by atoms with E-state index in [0.717, 1.165) is 22.6 Å². The van der Waals surface area contributed by atoms with Crippen LogP contribution in [-0.4, -0.2) is 37.5 Å². The first-order valence-corrected chi connectivity index (χ1v) is 10.1. The molecule has 3 aromatic rings. The van der Waals surface area contributed by atoms with Crippen molar-refractivity contribution in [1.29, 1.82) is 0 Å². The standard InChI is InChI=1S/C21H21F3N6O2/c1-3-6-30(9-12-4-5-17(29-28-12)21(22,23)24)20(31)15-7-13-14-10-32-11(2)18(14)19(25)27-16(13)8-26-15/h4-5,7-8,11H,3,6,9-10H2,1-2H3,(H2,25,27)/t11-/m1/s1. The Labute approximate surface area is 181 Å². The second kappa shape index (κ2) is 8.30. The van der Waals surface area contributed by atoms with Crippen molar-refractivity contribution in [3.63, 3.8) is 0 Å². The number of carbonyl (C=O) groups excluding carboxylic acids is 1. The summed E-state index contributed by atoms with van der Waals surface area (Å²) in [4.78, 5) is 23.3. The van der Waals surface area contributed by atoms with E-state index in [0.29, 0.717) is 30.9 Å². The lowest BCUT2D eigenvalue weighted by molar-refractivity contribution is -0.141. The number of aromatic nitrogens is 4. The summed E-state index contributed by atoms with van der Waals surface area (Å²) in [5.41, 5.74) is 7.68.